The minimum atomic E-state index is -4.30. The second kappa shape index (κ2) is 6.60. The normalized spacial score (nSPS) is 16.3. The van der Waals surface area contributed by atoms with Gasteiger partial charge >= 0.3 is 6.18 Å². The Morgan fingerprint density at radius 2 is 2.09 bits per heavy atom. The molecule has 1 aliphatic rings. The third-order valence-corrected chi connectivity index (χ3v) is 4.97. The lowest BCUT2D eigenvalue weighted by molar-refractivity contribution is -0.174. The summed E-state index contributed by atoms with van der Waals surface area (Å²) in [6.07, 6.45) is 1.62. The van der Waals surface area contributed by atoms with Crippen LogP contribution in [0.3, 0.4) is 0 Å². The van der Waals surface area contributed by atoms with Crippen molar-refractivity contribution in [2.24, 2.45) is 0 Å². The summed E-state index contributed by atoms with van der Waals surface area (Å²) in [5, 5.41) is 4.19. The average molecular weight is 345 g/mol. The van der Waals surface area contributed by atoms with Crippen LogP contribution < -0.4 is 5.32 Å². The lowest BCUT2D eigenvalue weighted by Gasteiger charge is -2.17. The van der Waals surface area contributed by atoms with Gasteiger partial charge in [-0.2, -0.15) is 13.2 Å². The van der Waals surface area contributed by atoms with E-state index >= 15 is 0 Å². The summed E-state index contributed by atoms with van der Waals surface area (Å²) in [5.74, 6) is 0.692. The van der Waals surface area contributed by atoms with Gasteiger partial charge in [-0.25, -0.2) is 9.97 Å². The molecule has 23 heavy (non-hydrogen) atoms. The molecule has 0 saturated heterocycles. The minimum Gasteiger partial charge on any atom is -0.370 e. The number of anilines is 1. The fourth-order valence-corrected chi connectivity index (χ4v) is 4.06. The predicted octanol–water partition coefficient (Wildman–Crippen LogP) is 3.95. The number of rotatable bonds is 5. The molecule has 0 aliphatic heterocycles. The van der Waals surface area contributed by atoms with Gasteiger partial charge in [0.1, 0.15) is 23.6 Å². The van der Waals surface area contributed by atoms with Gasteiger partial charge in [-0.05, 0) is 38.2 Å². The number of hydrogen-bond donors (Lipinski definition) is 1. The van der Waals surface area contributed by atoms with E-state index < -0.39 is 12.8 Å². The Balaban J connectivity index is 1.74. The maximum absolute atomic E-state index is 12.1. The third kappa shape index (κ3) is 3.92. The van der Waals surface area contributed by atoms with Crippen molar-refractivity contribution in [3.8, 4) is 0 Å². The summed E-state index contributed by atoms with van der Waals surface area (Å²) >= 11 is 1.69. The molecule has 0 saturated carbocycles. The van der Waals surface area contributed by atoms with Crippen molar-refractivity contribution in [2.45, 2.75) is 44.8 Å². The van der Waals surface area contributed by atoms with E-state index in [4.69, 9.17) is 4.74 Å². The highest BCUT2D eigenvalue weighted by molar-refractivity contribution is 7.19. The lowest BCUT2D eigenvalue weighted by atomic mass is 9.97. The standard InChI is InChI=1S/C15H18F3N3OS/c1-9(6-22-7-15(16,17)18)21-13-12-10-4-2-3-5-11(10)23-14(12)20-8-19-13/h8-9H,2-7H2,1H3,(H,19,20,21)/t9-/m0/s1. The van der Waals surface area contributed by atoms with E-state index in [9.17, 15) is 13.2 Å². The Morgan fingerprint density at radius 3 is 2.87 bits per heavy atom. The quantitative estimate of drug-likeness (QED) is 0.891. The van der Waals surface area contributed by atoms with E-state index in [1.54, 1.807) is 18.3 Å². The van der Waals surface area contributed by atoms with Crippen molar-refractivity contribution in [3.63, 3.8) is 0 Å². The number of alkyl halides is 3. The van der Waals surface area contributed by atoms with Gasteiger partial charge in [-0.3, -0.25) is 0 Å². The molecule has 2 aromatic heterocycles. The number of hydrogen-bond acceptors (Lipinski definition) is 5. The molecule has 1 atom stereocenters. The van der Waals surface area contributed by atoms with Gasteiger partial charge in [0.15, 0.2) is 0 Å². The molecule has 0 spiro atoms. The first-order valence-electron chi connectivity index (χ1n) is 7.60. The molecular formula is C15H18F3N3OS. The van der Waals surface area contributed by atoms with Gasteiger partial charge in [-0.1, -0.05) is 0 Å². The largest absolute Gasteiger partial charge is 0.411 e. The number of ether oxygens (including phenoxy) is 1. The van der Waals surface area contributed by atoms with Crippen LogP contribution >= 0.6 is 11.3 Å². The molecule has 0 fully saturated rings. The number of nitrogens with one attached hydrogen (secondary N) is 1. The van der Waals surface area contributed by atoms with Gasteiger partial charge in [0, 0.05) is 10.9 Å². The van der Waals surface area contributed by atoms with Crippen molar-refractivity contribution < 1.29 is 17.9 Å². The van der Waals surface area contributed by atoms with Crippen LogP contribution in [0.15, 0.2) is 6.33 Å². The Hall–Kier alpha value is -1.41. The van der Waals surface area contributed by atoms with Crippen molar-refractivity contribution in [1.82, 2.24) is 9.97 Å². The van der Waals surface area contributed by atoms with Crippen LogP contribution in [0.25, 0.3) is 10.2 Å². The number of fused-ring (bicyclic) bond motifs is 3. The fourth-order valence-electron chi connectivity index (χ4n) is 2.83. The highest BCUT2D eigenvalue weighted by Crippen LogP contribution is 2.38. The van der Waals surface area contributed by atoms with E-state index in [2.05, 4.69) is 15.3 Å². The molecule has 2 heterocycles. The molecule has 1 N–H and O–H groups in total. The summed E-state index contributed by atoms with van der Waals surface area (Å²) in [6, 6.07) is -0.269. The van der Waals surface area contributed by atoms with Crippen LogP contribution in [-0.2, 0) is 17.6 Å². The first-order valence-corrected chi connectivity index (χ1v) is 8.42. The summed E-state index contributed by atoms with van der Waals surface area (Å²) in [4.78, 5) is 10.9. The molecule has 2 aromatic rings. The van der Waals surface area contributed by atoms with Crippen molar-refractivity contribution in [3.05, 3.63) is 16.8 Å². The van der Waals surface area contributed by atoms with Crippen LogP contribution in [0.4, 0.5) is 19.0 Å². The predicted molar refractivity (Wildman–Crippen MR) is 84.0 cm³/mol. The molecule has 0 aromatic carbocycles. The zero-order valence-electron chi connectivity index (χ0n) is 12.7. The van der Waals surface area contributed by atoms with E-state index in [1.165, 1.54) is 23.2 Å². The van der Waals surface area contributed by atoms with E-state index in [0.717, 1.165) is 29.5 Å². The summed E-state index contributed by atoms with van der Waals surface area (Å²) in [5.41, 5.74) is 1.29. The van der Waals surface area contributed by atoms with E-state index in [0.29, 0.717) is 5.82 Å². The average Bonchev–Trinajstić information content (AvgIpc) is 2.85. The molecule has 0 radical (unpaired) electrons. The zero-order chi connectivity index (χ0) is 16.4. The molecule has 0 amide bonds. The molecule has 1 aliphatic carbocycles. The second-order valence-electron chi connectivity index (χ2n) is 5.79. The monoisotopic (exact) mass is 345 g/mol. The lowest BCUT2D eigenvalue weighted by Crippen LogP contribution is -2.26. The van der Waals surface area contributed by atoms with Crippen LogP contribution in [0.2, 0.25) is 0 Å². The van der Waals surface area contributed by atoms with Gasteiger partial charge in [0.25, 0.3) is 0 Å². The van der Waals surface area contributed by atoms with Crippen molar-refractivity contribution in [2.75, 3.05) is 18.5 Å². The molecule has 0 bridgehead atoms. The first-order chi connectivity index (χ1) is 10.9. The van der Waals surface area contributed by atoms with Crippen LogP contribution in [-0.4, -0.2) is 35.4 Å². The second-order valence-corrected chi connectivity index (χ2v) is 6.87. The Bertz CT molecular complexity index is 686. The summed E-state index contributed by atoms with van der Waals surface area (Å²) in [6.45, 7) is 0.520. The summed E-state index contributed by atoms with van der Waals surface area (Å²) in [7, 11) is 0. The number of aryl methyl sites for hydroxylation is 2. The molecular weight excluding hydrogens is 327 g/mol. The first kappa shape index (κ1) is 16.4. The Labute approximate surface area is 136 Å². The maximum Gasteiger partial charge on any atom is 0.411 e. The number of halogens is 3. The number of nitrogens with zero attached hydrogens (tertiary/aromatic N) is 2. The smallest absolute Gasteiger partial charge is 0.370 e. The molecule has 0 unspecified atom stereocenters. The van der Waals surface area contributed by atoms with E-state index in [-0.39, 0.29) is 12.6 Å². The minimum absolute atomic E-state index is 0.0304. The SMILES string of the molecule is C[C@@H](COCC(F)(F)F)Nc1ncnc2sc3c(c12)CCCC3. The van der Waals surface area contributed by atoms with Gasteiger partial charge < -0.3 is 10.1 Å². The highest BCUT2D eigenvalue weighted by Gasteiger charge is 2.27. The topological polar surface area (TPSA) is 47.0 Å². The van der Waals surface area contributed by atoms with Gasteiger partial charge in [0.05, 0.1) is 12.0 Å². The molecule has 8 heteroatoms. The Morgan fingerprint density at radius 1 is 1.30 bits per heavy atom. The Kier molecular flexibility index (Phi) is 4.72. The van der Waals surface area contributed by atoms with Gasteiger partial charge in [-0.15, -0.1) is 11.3 Å². The molecule has 126 valence electrons. The number of aromatic nitrogens is 2. The summed E-state index contributed by atoms with van der Waals surface area (Å²) < 4.78 is 41.1. The molecule has 3 rings (SSSR count). The highest BCUT2D eigenvalue weighted by atomic mass is 32.1. The maximum atomic E-state index is 12.1. The fraction of sp³-hybridized carbons (Fsp3) is 0.600. The van der Waals surface area contributed by atoms with Crippen LogP contribution in [0.5, 0.6) is 0 Å². The zero-order valence-corrected chi connectivity index (χ0v) is 13.6. The van der Waals surface area contributed by atoms with E-state index in [1.807, 2.05) is 0 Å². The number of thiophene rings is 1. The van der Waals surface area contributed by atoms with Crippen molar-refractivity contribution >= 4 is 27.4 Å². The third-order valence-electron chi connectivity index (χ3n) is 3.77. The van der Waals surface area contributed by atoms with Crippen LogP contribution in [0, 0.1) is 0 Å². The van der Waals surface area contributed by atoms with Crippen LogP contribution in [0.1, 0.15) is 30.2 Å². The van der Waals surface area contributed by atoms with Crippen molar-refractivity contribution in [1.29, 1.82) is 0 Å². The van der Waals surface area contributed by atoms with Gasteiger partial charge in [0.2, 0.25) is 0 Å². The molecule has 4 nitrogen and oxygen atoms in total.